The van der Waals surface area contributed by atoms with Gasteiger partial charge in [-0.15, -0.1) is 0 Å². The van der Waals surface area contributed by atoms with Crippen LogP contribution in [-0.4, -0.2) is 0 Å². The number of benzene rings is 4. The molecule has 2 aliphatic carbocycles. The van der Waals surface area contributed by atoms with Gasteiger partial charge in [0.05, 0.1) is 0 Å². The molecule has 0 saturated carbocycles. The van der Waals surface area contributed by atoms with Gasteiger partial charge in [-0.2, -0.15) is 0 Å². The van der Waals surface area contributed by atoms with E-state index >= 15 is 0 Å². The fourth-order valence-corrected chi connectivity index (χ4v) is 7.95. The van der Waals surface area contributed by atoms with Crippen LogP contribution in [0.3, 0.4) is 0 Å². The quantitative estimate of drug-likeness (QED) is 0.266. The summed E-state index contributed by atoms with van der Waals surface area (Å²) in [7, 11) is 0. The Balaban J connectivity index is 0.00000281. The second-order valence-corrected chi connectivity index (χ2v) is 15.8. The molecule has 0 fully saturated rings. The Hall–Kier alpha value is -2.86. The van der Waals surface area contributed by atoms with E-state index in [2.05, 4.69) is 78.0 Å². The number of hydrogen-bond donors (Lipinski definition) is 0. The molecule has 6 rings (SSSR count). The van der Waals surface area contributed by atoms with E-state index in [-0.39, 0.29) is 30.2 Å². The first-order valence-corrected chi connectivity index (χ1v) is 17.0. The van der Waals surface area contributed by atoms with Crippen LogP contribution in [0.1, 0.15) is 92.5 Å². The van der Waals surface area contributed by atoms with Gasteiger partial charge in [0.15, 0.2) is 0 Å². The van der Waals surface area contributed by atoms with Gasteiger partial charge in [-0.05, 0) is 0 Å². The van der Waals surface area contributed by atoms with Crippen molar-refractivity contribution < 1.29 is 75.9 Å². The molecule has 0 amide bonds. The fourth-order valence-electron chi connectivity index (χ4n) is 6.80. The molecule has 2 aliphatic rings. The standard InChI is InChI=1S/C41H35F6.2ClH.Zr/c1-38(2,3)30-19-20-31-27(21-30)22-33-32(31)23-34(37(39(4,5)6)36(33)24-9-7-8-10-24)35(25-11-15-28(16-12-25)40(42,43)44)26-13-17-29(18-14-26)41(45,46)47;;;/h7-9,11-21,23H,10H2,1-6H3;2*1H;/q;;;+2/p-2. The third-order valence-electron chi connectivity index (χ3n) is 9.14. The number of halogens is 8. The van der Waals surface area contributed by atoms with Crippen molar-refractivity contribution in [2.75, 3.05) is 0 Å². The minimum absolute atomic E-state index is 0. The van der Waals surface area contributed by atoms with Crippen molar-refractivity contribution in [2.24, 2.45) is 0 Å². The summed E-state index contributed by atoms with van der Waals surface area (Å²) in [6.45, 7) is 12.9. The maximum atomic E-state index is 13.7. The second-order valence-electron chi connectivity index (χ2n) is 14.6. The molecule has 259 valence electrons. The van der Waals surface area contributed by atoms with E-state index in [1.165, 1.54) is 63.4 Å². The van der Waals surface area contributed by atoms with Crippen molar-refractivity contribution in [1.82, 2.24) is 0 Å². The van der Waals surface area contributed by atoms with Crippen molar-refractivity contribution >= 4 is 14.4 Å². The van der Waals surface area contributed by atoms with E-state index in [9.17, 15) is 26.3 Å². The third kappa shape index (κ3) is 7.38. The van der Waals surface area contributed by atoms with Crippen LogP contribution in [0, 0.1) is 0 Å². The predicted octanol–water partition coefficient (Wildman–Crippen LogP) is 4.60. The zero-order chi connectivity index (χ0) is 35.0. The van der Waals surface area contributed by atoms with Crippen molar-refractivity contribution in [3.63, 3.8) is 0 Å². The van der Waals surface area contributed by atoms with Gasteiger partial charge in [0.1, 0.15) is 0 Å². The van der Waals surface area contributed by atoms with Gasteiger partial charge in [0.25, 0.3) is 0 Å². The smallest absolute Gasteiger partial charge is 1.00 e. The summed E-state index contributed by atoms with van der Waals surface area (Å²) in [5, 5.41) is 1.96. The van der Waals surface area contributed by atoms with Crippen LogP contribution >= 0.6 is 0 Å². The first kappa shape index (κ1) is 39.9. The summed E-state index contributed by atoms with van der Waals surface area (Å²) in [5.41, 5.74) is 7.22. The van der Waals surface area contributed by atoms with Crippen molar-refractivity contribution in [3.8, 4) is 11.1 Å². The molecule has 9 heteroatoms. The predicted molar refractivity (Wildman–Crippen MR) is 177 cm³/mol. The normalized spacial score (nSPS) is 14.1. The van der Waals surface area contributed by atoms with Crippen LogP contribution < -0.4 is 35.3 Å². The second kappa shape index (κ2) is 13.9. The Kier molecular flexibility index (Phi) is 11.1. The summed E-state index contributed by atoms with van der Waals surface area (Å²) >= 11 is 1.26. The molecular weight excluding hydrogens is 769 g/mol. The van der Waals surface area contributed by atoms with Crippen LogP contribution in [0.25, 0.3) is 25.6 Å². The molecule has 0 radical (unpaired) electrons. The number of fused-ring (bicyclic) bond motifs is 3. The summed E-state index contributed by atoms with van der Waals surface area (Å²) < 4.78 is 83.3. The van der Waals surface area contributed by atoms with Crippen LogP contribution in [0.2, 0.25) is 0 Å². The Bertz CT molecular complexity index is 2060. The number of rotatable bonds is 3. The SMILES string of the molecule is CC(C)(C)c1ccc2c(c1)[C]([Zr+2])=c1c-2cc(=C(c2ccc(C(F)(F)F)cc2)c2ccc(C(F)(F)F)cc2)c(C(C)(C)C)c1C1=CC=CC1.[Cl-].[Cl-]. The Morgan fingerprint density at radius 1 is 0.600 bits per heavy atom. The molecule has 0 N–H and O–H groups in total. The molecule has 0 unspecified atom stereocenters. The molecule has 0 heterocycles. The van der Waals surface area contributed by atoms with Gasteiger partial charge in [0, 0.05) is 0 Å². The van der Waals surface area contributed by atoms with E-state index in [4.69, 9.17) is 0 Å². The molecule has 50 heavy (non-hydrogen) atoms. The molecule has 0 aliphatic heterocycles. The molecule has 4 aromatic rings. The van der Waals surface area contributed by atoms with Crippen LogP contribution in [0.15, 0.2) is 91.0 Å². The molecule has 4 aromatic carbocycles. The largest absolute Gasteiger partial charge is 1.00 e. The fraction of sp³-hybridized carbons (Fsp3) is 0.268. The minimum atomic E-state index is -4.53. The van der Waals surface area contributed by atoms with Gasteiger partial charge in [-0.25, -0.2) is 0 Å². The average Bonchev–Trinajstić information content (AvgIpc) is 3.62. The van der Waals surface area contributed by atoms with Crippen LogP contribution in [0.4, 0.5) is 26.3 Å². The number of hydrogen-bond acceptors (Lipinski definition) is 0. The molecule has 0 atom stereocenters. The van der Waals surface area contributed by atoms with E-state index in [0.29, 0.717) is 16.7 Å². The average molecular weight is 804 g/mol. The first-order valence-electron chi connectivity index (χ1n) is 15.8. The third-order valence-corrected chi connectivity index (χ3v) is 10.4. The summed E-state index contributed by atoms with van der Waals surface area (Å²) in [5.74, 6) is 0. The minimum Gasteiger partial charge on any atom is -1.00 e. The maximum absolute atomic E-state index is 13.7. The molecule has 0 spiro atoms. The van der Waals surface area contributed by atoms with E-state index < -0.39 is 28.9 Å². The van der Waals surface area contributed by atoms with Gasteiger partial charge < -0.3 is 24.8 Å². The number of allylic oxidation sites excluding steroid dienone is 4. The number of alkyl halides is 6. The van der Waals surface area contributed by atoms with Crippen LogP contribution in [-0.2, 0) is 47.9 Å². The summed E-state index contributed by atoms with van der Waals surface area (Å²) in [6.07, 6.45) is -2.06. The van der Waals surface area contributed by atoms with Gasteiger partial charge in [-0.1, -0.05) is 0 Å². The topological polar surface area (TPSA) is 0 Å². The van der Waals surface area contributed by atoms with Crippen LogP contribution in [0.5, 0.6) is 0 Å². The molecule has 0 bridgehead atoms. The first-order chi connectivity index (χ1) is 22.3. The Morgan fingerprint density at radius 3 is 1.52 bits per heavy atom. The van der Waals surface area contributed by atoms with Gasteiger partial charge >= 0.3 is 294 Å². The van der Waals surface area contributed by atoms with Gasteiger partial charge in [-0.3, -0.25) is 0 Å². The molecule has 0 nitrogen and oxygen atoms in total. The molecular formula is C41H35Cl2F6Zr. The zero-order valence-electron chi connectivity index (χ0n) is 28.4. The van der Waals surface area contributed by atoms with Crippen molar-refractivity contribution in [1.29, 1.82) is 0 Å². The summed E-state index contributed by atoms with van der Waals surface area (Å²) in [4.78, 5) is 0. The van der Waals surface area contributed by atoms with E-state index in [1.54, 1.807) is 0 Å². The maximum Gasteiger partial charge on any atom is -1.00 e. The van der Waals surface area contributed by atoms with Crippen molar-refractivity contribution in [2.45, 2.75) is 71.1 Å². The molecule has 0 saturated heterocycles. The molecule has 0 aromatic heterocycles. The van der Waals surface area contributed by atoms with E-state index in [1.807, 2.05) is 6.08 Å². The van der Waals surface area contributed by atoms with Gasteiger partial charge in [0.2, 0.25) is 0 Å². The van der Waals surface area contributed by atoms with E-state index in [0.717, 1.165) is 69.0 Å². The zero-order valence-corrected chi connectivity index (χ0v) is 32.4. The monoisotopic (exact) mass is 801 g/mol. The Labute approximate surface area is 316 Å². The Morgan fingerprint density at radius 2 is 1.10 bits per heavy atom. The van der Waals surface area contributed by atoms with Crippen molar-refractivity contribution in [3.05, 3.63) is 146 Å². The summed E-state index contributed by atoms with van der Waals surface area (Å²) in [6, 6.07) is 18.6.